The maximum atomic E-state index is 12.8. The maximum absolute atomic E-state index is 12.8. The number of alkyl halides is 3. The number of halogens is 3. The molecule has 2 N–H and O–H groups in total. The van der Waals surface area contributed by atoms with Crippen LogP contribution in [0.5, 0.6) is 0 Å². The number of aromatic amines is 1. The molecule has 0 spiro atoms. The van der Waals surface area contributed by atoms with Crippen molar-refractivity contribution in [1.29, 1.82) is 5.26 Å². The predicted octanol–water partition coefficient (Wildman–Crippen LogP) is 1.79. The molecule has 0 saturated carbocycles. The van der Waals surface area contributed by atoms with Crippen LogP contribution in [0.25, 0.3) is 0 Å². The first-order valence-corrected chi connectivity index (χ1v) is 6.78. The van der Waals surface area contributed by atoms with Gasteiger partial charge in [0.1, 0.15) is 11.3 Å². The Hall–Kier alpha value is -2.60. The number of benzene rings is 1. The monoisotopic (exact) mass is 323 g/mol. The topological polar surface area (TPSA) is 88.8 Å². The minimum Gasteiger partial charge on any atom is -0.381 e. The zero-order valence-electron chi connectivity index (χ0n) is 11.8. The average Bonchev–Trinajstić information content (AvgIpc) is 3.16. The van der Waals surface area contributed by atoms with E-state index in [2.05, 4.69) is 15.4 Å². The standard InChI is InChI=1S/C14H12F3N5O/c15-14(16,17)11-2-1-10(5-9(11)6-18)22-4-3-13(23,8-22)12-7-19-21-20-12/h1-2,5,7,23H,3-4,8H2,(H,19,20,21). The molecule has 6 nitrogen and oxygen atoms in total. The van der Waals surface area contributed by atoms with E-state index < -0.39 is 22.9 Å². The summed E-state index contributed by atoms with van der Waals surface area (Å²) in [7, 11) is 0. The second-order valence-corrected chi connectivity index (χ2v) is 5.40. The molecular weight excluding hydrogens is 311 g/mol. The molecule has 23 heavy (non-hydrogen) atoms. The Bertz CT molecular complexity index is 753. The van der Waals surface area contributed by atoms with Gasteiger partial charge in [-0.1, -0.05) is 0 Å². The number of hydrogen-bond acceptors (Lipinski definition) is 5. The third-order valence-corrected chi connectivity index (χ3v) is 3.93. The van der Waals surface area contributed by atoms with Gasteiger partial charge in [0.25, 0.3) is 0 Å². The second kappa shape index (κ2) is 5.24. The molecule has 9 heteroatoms. The van der Waals surface area contributed by atoms with Crippen LogP contribution >= 0.6 is 0 Å². The number of rotatable bonds is 2. The number of nitrogens with one attached hydrogen (secondary N) is 1. The number of β-amino-alcohol motifs (C(OH)–C–C–N with tert-alkyl or cyclic N) is 1. The highest BCUT2D eigenvalue weighted by atomic mass is 19.4. The van der Waals surface area contributed by atoms with Crippen molar-refractivity contribution in [3.63, 3.8) is 0 Å². The molecular formula is C14H12F3N5O. The SMILES string of the molecule is N#Cc1cc(N2CCC(O)(c3cn[nH]n3)C2)ccc1C(F)(F)F. The first-order valence-electron chi connectivity index (χ1n) is 6.78. The maximum Gasteiger partial charge on any atom is 0.417 e. The van der Waals surface area contributed by atoms with Gasteiger partial charge in [-0.2, -0.15) is 33.8 Å². The van der Waals surface area contributed by atoms with Crippen molar-refractivity contribution >= 4 is 5.69 Å². The zero-order valence-corrected chi connectivity index (χ0v) is 11.8. The summed E-state index contributed by atoms with van der Waals surface area (Å²) >= 11 is 0. The van der Waals surface area contributed by atoms with Crippen LogP contribution < -0.4 is 4.90 Å². The molecule has 0 aliphatic carbocycles. The van der Waals surface area contributed by atoms with Gasteiger partial charge in [0.15, 0.2) is 0 Å². The summed E-state index contributed by atoms with van der Waals surface area (Å²) in [6.07, 6.45) is -2.80. The number of aromatic nitrogens is 3. The van der Waals surface area contributed by atoms with Gasteiger partial charge in [-0.25, -0.2) is 0 Å². The van der Waals surface area contributed by atoms with E-state index in [1.54, 1.807) is 11.0 Å². The van der Waals surface area contributed by atoms with Gasteiger partial charge in [0.2, 0.25) is 0 Å². The van der Waals surface area contributed by atoms with Gasteiger partial charge < -0.3 is 10.0 Å². The zero-order chi connectivity index (χ0) is 16.7. The molecule has 0 amide bonds. The lowest BCUT2D eigenvalue weighted by Crippen LogP contribution is -2.31. The highest BCUT2D eigenvalue weighted by molar-refractivity contribution is 5.56. The Morgan fingerprint density at radius 1 is 1.39 bits per heavy atom. The molecule has 120 valence electrons. The van der Waals surface area contributed by atoms with Crippen molar-refractivity contribution in [3.05, 3.63) is 41.2 Å². The third-order valence-electron chi connectivity index (χ3n) is 3.93. The lowest BCUT2D eigenvalue weighted by molar-refractivity contribution is -0.137. The molecule has 1 aliphatic rings. The molecule has 1 saturated heterocycles. The second-order valence-electron chi connectivity index (χ2n) is 5.40. The molecule has 1 fully saturated rings. The van der Waals surface area contributed by atoms with Crippen LogP contribution in [0, 0.1) is 11.3 Å². The molecule has 1 aromatic carbocycles. The van der Waals surface area contributed by atoms with Crippen molar-refractivity contribution in [3.8, 4) is 6.07 Å². The highest BCUT2D eigenvalue weighted by Crippen LogP contribution is 2.37. The quantitative estimate of drug-likeness (QED) is 0.879. The van der Waals surface area contributed by atoms with E-state index in [1.807, 2.05) is 0 Å². The fraction of sp³-hybridized carbons (Fsp3) is 0.357. The van der Waals surface area contributed by atoms with Gasteiger partial charge in [-0.3, -0.25) is 0 Å². The van der Waals surface area contributed by atoms with Crippen molar-refractivity contribution in [2.45, 2.75) is 18.2 Å². The summed E-state index contributed by atoms with van der Waals surface area (Å²) in [6.45, 7) is 0.593. The molecule has 0 bridgehead atoms. The first kappa shape index (κ1) is 15.3. The van der Waals surface area contributed by atoms with Crippen molar-refractivity contribution in [2.75, 3.05) is 18.0 Å². The van der Waals surface area contributed by atoms with Crippen LogP contribution in [0.15, 0.2) is 24.4 Å². The van der Waals surface area contributed by atoms with Crippen LogP contribution in [0.1, 0.15) is 23.2 Å². The van der Waals surface area contributed by atoms with Crippen LogP contribution in [0.4, 0.5) is 18.9 Å². The Morgan fingerprint density at radius 3 is 2.78 bits per heavy atom. The number of H-pyrrole nitrogens is 1. The molecule has 1 aliphatic heterocycles. The number of anilines is 1. The van der Waals surface area contributed by atoms with Crippen molar-refractivity contribution < 1.29 is 18.3 Å². The summed E-state index contributed by atoms with van der Waals surface area (Å²) < 4.78 is 38.5. The van der Waals surface area contributed by atoms with Gasteiger partial charge in [0, 0.05) is 18.7 Å². The fourth-order valence-electron chi connectivity index (χ4n) is 2.72. The van der Waals surface area contributed by atoms with Crippen LogP contribution in [0.3, 0.4) is 0 Å². The van der Waals surface area contributed by atoms with Gasteiger partial charge in [-0.15, -0.1) is 0 Å². The summed E-state index contributed by atoms with van der Waals surface area (Å²) in [4.78, 5) is 1.72. The Labute approximate surface area is 129 Å². The molecule has 2 heterocycles. The predicted molar refractivity (Wildman–Crippen MR) is 73.3 cm³/mol. The molecule has 1 atom stereocenters. The summed E-state index contributed by atoms with van der Waals surface area (Å²) in [5, 5.41) is 29.5. The molecule has 2 aromatic rings. The Balaban J connectivity index is 1.88. The number of nitrogens with zero attached hydrogens (tertiary/aromatic N) is 4. The minimum atomic E-state index is -4.57. The molecule has 3 rings (SSSR count). The highest BCUT2D eigenvalue weighted by Gasteiger charge is 2.40. The number of aliphatic hydroxyl groups is 1. The Morgan fingerprint density at radius 2 is 2.17 bits per heavy atom. The number of hydrogen-bond donors (Lipinski definition) is 2. The lowest BCUT2D eigenvalue weighted by Gasteiger charge is -2.23. The lowest BCUT2D eigenvalue weighted by atomic mass is 10.00. The Kier molecular flexibility index (Phi) is 3.49. The van der Waals surface area contributed by atoms with Crippen LogP contribution in [-0.4, -0.2) is 33.6 Å². The largest absolute Gasteiger partial charge is 0.417 e. The third kappa shape index (κ3) is 2.73. The van der Waals surface area contributed by atoms with E-state index in [1.165, 1.54) is 18.3 Å². The summed E-state index contributed by atoms with van der Waals surface area (Å²) in [5.41, 5.74) is -1.79. The van der Waals surface area contributed by atoms with Gasteiger partial charge in [0.05, 0.1) is 29.9 Å². The normalized spacial score (nSPS) is 21.4. The van der Waals surface area contributed by atoms with E-state index in [9.17, 15) is 18.3 Å². The average molecular weight is 323 g/mol. The van der Waals surface area contributed by atoms with E-state index in [-0.39, 0.29) is 6.54 Å². The minimum absolute atomic E-state index is 0.162. The van der Waals surface area contributed by atoms with Crippen LogP contribution in [-0.2, 0) is 11.8 Å². The summed E-state index contributed by atoms with van der Waals surface area (Å²) in [6, 6.07) is 4.96. The number of nitriles is 1. The molecule has 0 radical (unpaired) electrons. The van der Waals surface area contributed by atoms with E-state index in [4.69, 9.17) is 5.26 Å². The fourth-order valence-corrected chi connectivity index (χ4v) is 2.72. The first-order chi connectivity index (χ1) is 10.8. The summed E-state index contributed by atoms with van der Waals surface area (Å²) in [5.74, 6) is 0. The molecule has 1 unspecified atom stereocenters. The van der Waals surface area contributed by atoms with Crippen molar-refractivity contribution in [2.24, 2.45) is 0 Å². The van der Waals surface area contributed by atoms with Crippen molar-refractivity contribution in [1.82, 2.24) is 15.4 Å². The van der Waals surface area contributed by atoms with E-state index >= 15 is 0 Å². The van der Waals surface area contributed by atoms with Gasteiger partial charge >= 0.3 is 6.18 Å². The molecule has 1 aromatic heterocycles. The van der Waals surface area contributed by atoms with Gasteiger partial charge in [-0.05, 0) is 18.2 Å². The van der Waals surface area contributed by atoms with Crippen LogP contribution in [0.2, 0.25) is 0 Å². The van der Waals surface area contributed by atoms with E-state index in [0.29, 0.717) is 24.3 Å². The smallest absolute Gasteiger partial charge is 0.381 e. The van der Waals surface area contributed by atoms with E-state index in [0.717, 1.165) is 6.07 Å².